The van der Waals surface area contributed by atoms with Crippen LogP contribution in [-0.4, -0.2) is 29.7 Å². The summed E-state index contributed by atoms with van der Waals surface area (Å²) >= 11 is 0. The van der Waals surface area contributed by atoms with E-state index in [0.29, 0.717) is 6.10 Å². The van der Waals surface area contributed by atoms with Crippen molar-refractivity contribution >= 4 is 0 Å². The van der Waals surface area contributed by atoms with Gasteiger partial charge < -0.3 is 14.6 Å². The van der Waals surface area contributed by atoms with Crippen molar-refractivity contribution in [1.82, 2.24) is 0 Å². The SMILES string of the molecule is CC1CCOC2(CCC(O)CC2)O1. The highest BCUT2D eigenvalue weighted by atomic mass is 16.7. The highest BCUT2D eigenvalue weighted by Crippen LogP contribution is 2.36. The number of hydrogen-bond donors (Lipinski definition) is 1. The van der Waals surface area contributed by atoms with Crippen molar-refractivity contribution in [2.45, 2.75) is 57.0 Å². The van der Waals surface area contributed by atoms with Crippen LogP contribution in [0, 0.1) is 0 Å². The molecule has 2 rings (SSSR count). The lowest BCUT2D eigenvalue weighted by atomic mass is 9.91. The Balaban J connectivity index is 1.95. The van der Waals surface area contributed by atoms with Crippen LogP contribution in [0.3, 0.4) is 0 Å². The third-order valence-electron chi connectivity index (χ3n) is 3.02. The first kappa shape index (κ1) is 9.44. The molecule has 1 saturated heterocycles. The fraction of sp³-hybridized carbons (Fsp3) is 1.00. The third-order valence-corrected chi connectivity index (χ3v) is 3.02. The van der Waals surface area contributed by atoms with E-state index in [1.165, 1.54) is 0 Å². The second-order valence-electron chi connectivity index (χ2n) is 4.21. The third kappa shape index (κ3) is 2.03. The van der Waals surface area contributed by atoms with Gasteiger partial charge in [-0.2, -0.15) is 0 Å². The summed E-state index contributed by atoms with van der Waals surface area (Å²) in [5.74, 6) is -0.350. The van der Waals surface area contributed by atoms with E-state index in [2.05, 4.69) is 6.92 Å². The summed E-state index contributed by atoms with van der Waals surface area (Å²) in [5, 5.41) is 9.38. The minimum atomic E-state index is -0.350. The molecule has 1 atom stereocenters. The highest BCUT2D eigenvalue weighted by Gasteiger charge is 2.40. The first-order chi connectivity index (χ1) is 6.20. The van der Waals surface area contributed by atoms with Gasteiger partial charge >= 0.3 is 0 Å². The lowest BCUT2D eigenvalue weighted by molar-refractivity contribution is -0.306. The molecule has 1 spiro atoms. The second-order valence-corrected chi connectivity index (χ2v) is 4.21. The molecule has 1 unspecified atom stereocenters. The normalized spacial score (nSPS) is 46.6. The molecule has 76 valence electrons. The van der Waals surface area contributed by atoms with Gasteiger partial charge in [0.1, 0.15) is 0 Å². The van der Waals surface area contributed by atoms with Crippen molar-refractivity contribution in [2.75, 3.05) is 6.61 Å². The predicted molar refractivity (Wildman–Crippen MR) is 48.3 cm³/mol. The van der Waals surface area contributed by atoms with Crippen LogP contribution in [0.15, 0.2) is 0 Å². The van der Waals surface area contributed by atoms with E-state index in [1.54, 1.807) is 0 Å². The number of hydrogen-bond acceptors (Lipinski definition) is 3. The van der Waals surface area contributed by atoms with Crippen molar-refractivity contribution in [3.63, 3.8) is 0 Å². The zero-order valence-corrected chi connectivity index (χ0v) is 8.16. The Kier molecular flexibility index (Phi) is 2.58. The smallest absolute Gasteiger partial charge is 0.168 e. The Morgan fingerprint density at radius 3 is 2.54 bits per heavy atom. The first-order valence-corrected chi connectivity index (χ1v) is 5.20. The zero-order chi connectivity index (χ0) is 9.31. The topological polar surface area (TPSA) is 38.7 Å². The molecule has 1 saturated carbocycles. The standard InChI is InChI=1S/C10H18O3/c1-8-4-7-12-10(13-8)5-2-9(11)3-6-10/h8-9,11H,2-7H2,1H3. The molecule has 3 nitrogen and oxygen atoms in total. The monoisotopic (exact) mass is 186 g/mol. The fourth-order valence-corrected chi connectivity index (χ4v) is 2.18. The molecule has 0 aromatic carbocycles. The van der Waals surface area contributed by atoms with E-state index in [9.17, 15) is 5.11 Å². The van der Waals surface area contributed by atoms with Gasteiger partial charge in [-0.3, -0.25) is 0 Å². The van der Waals surface area contributed by atoms with Crippen LogP contribution in [0.25, 0.3) is 0 Å². The van der Waals surface area contributed by atoms with Crippen molar-refractivity contribution < 1.29 is 14.6 Å². The molecule has 1 aliphatic heterocycles. The maximum absolute atomic E-state index is 9.38. The van der Waals surface area contributed by atoms with Crippen LogP contribution >= 0.6 is 0 Å². The summed E-state index contributed by atoms with van der Waals surface area (Å²) in [4.78, 5) is 0. The molecule has 0 amide bonds. The molecule has 0 aromatic heterocycles. The van der Waals surface area contributed by atoms with Crippen molar-refractivity contribution in [3.8, 4) is 0 Å². The maximum Gasteiger partial charge on any atom is 0.168 e. The Labute approximate surface area is 79.0 Å². The van der Waals surface area contributed by atoms with Crippen LogP contribution in [0.4, 0.5) is 0 Å². The van der Waals surface area contributed by atoms with E-state index in [0.717, 1.165) is 38.7 Å². The molecule has 1 N–H and O–H groups in total. The number of ether oxygens (including phenoxy) is 2. The molecule has 1 heterocycles. The van der Waals surface area contributed by atoms with E-state index in [1.807, 2.05) is 0 Å². The molecule has 0 aromatic rings. The van der Waals surface area contributed by atoms with Crippen molar-refractivity contribution in [1.29, 1.82) is 0 Å². The van der Waals surface area contributed by atoms with Gasteiger partial charge in [0, 0.05) is 12.8 Å². The van der Waals surface area contributed by atoms with Gasteiger partial charge in [-0.05, 0) is 26.2 Å². The van der Waals surface area contributed by atoms with E-state index < -0.39 is 0 Å². The fourth-order valence-electron chi connectivity index (χ4n) is 2.18. The zero-order valence-electron chi connectivity index (χ0n) is 8.16. The van der Waals surface area contributed by atoms with Crippen molar-refractivity contribution in [2.24, 2.45) is 0 Å². The van der Waals surface area contributed by atoms with Gasteiger partial charge in [-0.25, -0.2) is 0 Å². The van der Waals surface area contributed by atoms with Crippen LogP contribution in [0.5, 0.6) is 0 Å². The molecule has 13 heavy (non-hydrogen) atoms. The molecule has 1 aliphatic carbocycles. The van der Waals surface area contributed by atoms with Gasteiger partial charge in [-0.1, -0.05) is 0 Å². The molecule has 0 radical (unpaired) electrons. The second kappa shape index (κ2) is 3.56. The molecule has 0 bridgehead atoms. The lowest BCUT2D eigenvalue weighted by Crippen LogP contribution is -2.47. The summed E-state index contributed by atoms with van der Waals surface area (Å²) in [6.07, 6.45) is 4.47. The molecule has 2 fully saturated rings. The van der Waals surface area contributed by atoms with Crippen LogP contribution in [0.1, 0.15) is 39.0 Å². The van der Waals surface area contributed by atoms with Crippen LogP contribution < -0.4 is 0 Å². The lowest BCUT2D eigenvalue weighted by Gasteiger charge is -2.43. The quantitative estimate of drug-likeness (QED) is 0.622. The summed E-state index contributed by atoms with van der Waals surface area (Å²) in [6, 6.07) is 0. The Morgan fingerprint density at radius 2 is 1.92 bits per heavy atom. The van der Waals surface area contributed by atoms with Gasteiger partial charge in [0.05, 0.1) is 18.8 Å². The van der Waals surface area contributed by atoms with Gasteiger partial charge in [0.25, 0.3) is 0 Å². The number of rotatable bonds is 0. The average Bonchev–Trinajstić information content (AvgIpc) is 2.11. The summed E-state index contributed by atoms with van der Waals surface area (Å²) < 4.78 is 11.5. The van der Waals surface area contributed by atoms with Gasteiger partial charge in [0.2, 0.25) is 0 Å². The summed E-state index contributed by atoms with van der Waals surface area (Å²) in [7, 11) is 0. The predicted octanol–water partition coefficient (Wildman–Crippen LogP) is 1.44. The highest BCUT2D eigenvalue weighted by molar-refractivity contribution is 4.82. The minimum absolute atomic E-state index is 0.143. The summed E-state index contributed by atoms with van der Waals surface area (Å²) in [6.45, 7) is 2.90. The van der Waals surface area contributed by atoms with Crippen LogP contribution in [0.2, 0.25) is 0 Å². The van der Waals surface area contributed by atoms with Gasteiger partial charge in [0.15, 0.2) is 5.79 Å². The largest absolute Gasteiger partial charge is 0.393 e. The van der Waals surface area contributed by atoms with Crippen LogP contribution in [-0.2, 0) is 9.47 Å². The molecule has 3 heteroatoms. The van der Waals surface area contributed by atoms with E-state index >= 15 is 0 Å². The van der Waals surface area contributed by atoms with Gasteiger partial charge in [-0.15, -0.1) is 0 Å². The van der Waals surface area contributed by atoms with E-state index in [-0.39, 0.29) is 11.9 Å². The Bertz CT molecular complexity index is 173. The Hall–Kier alpha value is -0.120. The molecule has 2 aliphatic rings. The summed E-state index contributed by atoms with van der Waals surface area (Å²) in [5.41, 5.74) is 0. The Morgan fingerprint density at radius 1 is 1.23 bits per heavy atom. The molecular weight excluding hydrogens is 168 g/mol. The average molecular weight is 186 g/mol. The minimum Gasteiger partial charge on any atom is -0.393 e. The van der Waals surface area contributed by atoms with E-state index in [4.69, 9.17) is 9.47 Å². The number of aliphatic hydroxyl groups excluding tert-OH is 1. The number of aliphatic hydroxyl groups is 1. The first-order valence-electron chi connectivity index (χ1n) is 5.20. The van der Waals surface area contributed by atoms with Crippen molar-refractivity contribution in [3.05, 3.63) is 0 Å². The molecular formula is C10H18O3. The maximum atomic E-state index is 9.38.